The molecule has 1 aliphatic carbocycles. The molecular weight excluding hydrogens is 405 g/mol. The van der Waals surface area contributed by atoms with Crippen molar-refractivity contribution in [3.05, 3.63) is 75.6 Å². The Bertz CT molecular complexity index is 1200. The highest BCUT2D eigenvalue weighted by Gasteiger charge is 2.28. The summed E-state index contributed by atoms with van der Waals surface area (Å²) in [5.74, 6) is -0.713. The normalized spacial score (nSPS) is 19.2. The topological polar surface area (TPSA) is 131 Å². The zero-order valence-corrected chi connectivity index (χ0v) is 16.4. The first-order valence-corrected chi connectivity index (χ1v) is 9.64. The molecule has 1 amide bonds. The predicted octanol–water partition coefficient (Wildman–Crippen LogP) is 2.32. The maximum absolute atomic E-state index is 13.5. The Balaban J connectivity index is 1.51. The highest BCUT2D eigenvalue weighted by atomic mass is 19.1. The Kier molecular flexibility index (Phi) is 5.74. The predicted molar refractivity (Wildman–Crippen MR) is 110 cm³/mol. The number of aromatic nitrogens is 1. The summed E-state index contributed by atoms with van der Waals surface area (Å²) in [4.78, 5) is 32.6. The number of aliphatic hydroxyl groups excluding tert-OH is 1. The van der Waals surface area contributed by atoms with Gasteiger partial charge in [-0.1, -0.05) is 6.08 Å². The number of halogens is 1. The molecular formula is C21H20FN5O4. The summed E-state index contributed by atoms with van der Waals surface area (Å²) in [7, 11) is 0. The number of nitrogens with zero attached hydrogens (tertiary/aromatic N) is 2. The Morgan fingerprint density at radius 2 is 2.19 bits per heavy atom. The van der Waals surface area contributed by atoms with Crippen molar-refractivity contribution in [2.24, 2.45) is 5.11 Å². The average molecular weight is 425 g/mol. The lowest BCUT2D eigenvalue weighted by Gasteiger charge is -2.19. The minimum atomic E-state index is -0.673. The quantitative estimate of drug-likeness (QED) is 0.546. The summed E-state index contributed by atoms with van der Waals surface area (Å²) in [5, 5.41) is 17.6. The van der Waals surface area contributed by atoms with Crippen LogP contribution in [0.4, 0.5) is 4.39 Å². The number of benzene rings is 1. The van der Waals surface area contributed by atoms with E-state index in [2.05, 4.69) is 15.4 Å². The van der Waals surface area contributed by atoms with Gasteiger partial charge in [0.05, 0.1) is 12.1 Å². The molecule has 1 aliphatic heterocycles. The summed E-state index contributed by atoms with van der Waals surface area (Å²) in [6, 6.07) is 5.51. The van der Waals surface area contributed by atoms with Crippen molar-refractivity contribution in [1.82, 2.24) is 15.4 Å². The highest BCUT2D eigenvalue weighted by molar-refractivity contribution is 5.93. The second-order valence-electron chi connectivity index (χ2n) is 7.23. The van der Waals surface area contributed by atoms with Crippen molar-refractivity contribution in [2.45, 2.75) is 18.9 Å². The Labute approximate surface area is 176 Å². The van der Waals surface area contributed by atoms with Crippen LogP contribution in [0.2, 0.25) is 0 Å². The molecule has 2 aromatic rings. The molecule has 2 aliphatic rings. The van der Waals surface area contributed by atoms with Crippen molar-refractivity contribution < 1.29 is 19.1 Å². The molecule has 1 atom stereocenters. The van der Waals surface area contributed by atoms with E-state index in [1.807, 2.05) is 0 Å². The van der Waals surface area contributed by atoms with Gasteiger partial charge in [-0.05, 0) is 43.2 Å². The maximum Gasteiger partial charge on any atom is 0.273 e. The first-order chi connectivity index (χ1) is 14.9. The van der Waals surface area contributed by atoms with Gasteiger partial charge in [0.1, 0.15) is 24.2 Å². The monoisotopic (exact) mass is 425 g/mol. The molecule has 0 bridgehead atoms. The van der Waals surface area contributed by atoms with Gasteiger partial charge in [0.15, 0.2) is 0 Å². The molecule has 1 fully saturated rings. The SMILES string of the molecule is N=N/C(=C\NC1=CC=C(C(=O)N2C[C@H](O)CO2)CC1)c1cc2cc(F)ccc2[nH]c1=O. The fourth-order valence-electron chi connectivity index (χ4n) is 3.41. The molecule has 1 aromatic heterocycles. The number of H-pyrrole nitrogens is 1. The van der Waals surface area contributed by atoms with Crippen LogP contribution >= 0.6 is 0 Å². The molecule has 10 heteroatoms. The van der Waals surface area contributed by atoms with Crippen LogP contribution < -0.4 is 10.9 Å². The van der Waals surface area contributed by atoms with E-state index in [9.17, 15) is 19.1 Å². The fraction of sp³-hybridized carbons (Fsp3) is 0.238. The summed E-state index contributed by atoms with van der Waals surface area (Å²) in [6.45, 7) is 0.249. The van der Waals surface area contributed by atoms with Crippen LogP contribution in [-0.4, -0.2) is 40.3 Å². The molecule has 0 radical (unpaired) electrons. The molecule has 4 rings (SSSR count). The number of β-amino-alcohol motifs (C(OH)–C–C–N with tert-alkyl or cyclic N) is 1. The number of aliphatic hydroxyl groups is 1. The van der Waals surface area contributed by atoms with Crippen LogP contribution in [0.3, 0.4) is 0 Å². The van der Waals surface area contributed by atoms with Gasteiger partial charge in [-0.3, -0.25) is 14.4 Å². The number of hydrogen-bond acceptors (Lipinski definition) is 7. The molecule has 0 spiro atoms. The molecule has 1 aromatic carbocycles. The lowest BCUT2D eigenvalue weighted by molar-refractivity contribution is -0.164. The van der Waals surface area contributed by atoms with E-state index in [1.165, 1.54) is 30.5 Å². The number of amides is 1. The van der Waals surface area contributed by atoms with Gasteiger partial charge in [0, 0.05) is 28.4 Å². The van der Waals surface area contributed by atoms with Crippen LogP contribution in [0.25, 0.3) is 16.6 Å². The number of rotatable bonds is 5. The molecule has 160 valence electrons. The van der Waals surface area contributed by atoms with E-state index in [4.69, 9.17) is 10.4 Å². The van der Waals surface area contributed by atoms with Gasteiger partial charge < -0.3 is 15.4 Å². The van der Waals surface area contributed by atoms with E-state index in [0.29, 0.717) is 29.3 Å². The van der Waals surface area contributed by atoms with Gasteiger partial charge in [0.25, 0.3) is 11.5 Å². The van der Waals surface area contributed by atoms with E-state index in [-0.39, 0.29) is 30.3 Å². The lowest BCUT2D eigenvalue weighted by Crippen LogP contribution is -2.30. The minimum absolute atomic E-state index is 0.0821. The van der Waals surface area contributed by atoms with Crippen LogP contribution in [0.5, 0.6) is 0 Å². The number of aromatic amines is 1. The number of hydrogen-bond donors (Lipinski definition) is 4. The zero-order valence-electron chi connectivity index (χ0n) is 16.4. The number of nitrogens with one attached hydrogen (secondary N) is 3. The van der Waals surface area contributed by atoms with E-state index < -0.39 is 17.5 Å². The molecule has 31 heavy (non-hydrogen) atoms. The van der Waals surface area contributed by atoms with Gasteiger partial charge in [-0.15, -0.1) is 0 Å². The number of fused-ring (bicyclic) bond motifs is 1. The standard InChI is InChI=1S/C21H20FN5O4/c22-14-3-6-18-13(7-14)8-17(20(29)25-18)19(26-23)9-24-15-4-1-12(2-5-15)21(30)27-10-16(28)11-31-27/h1,3-4,6-9,16,23-24,28H,2,5,10-11H2,(H,25,29)/b19-9-,26-23?/t16-/m0/s1. The van der Waals surface area contributed by atoms with Crippen molar-refractivity contribution in [1.29, 1.82) is 5.53 Å². The second-order valence-corrected chi connectivity index (χ2v) is 7.23. The van der Waals surface area contributed by atoms with Gasteiger partial charge >= 0.3 is 0 Å². The number of allylic oxidation sites excluding steroid dienone is 3. The summed E-state index contributed by atoms with van der Waals surface area (Å²) >= 11 is 0. The number of carbonyl (C=O) groups is 1. The van der Waals surface area contributed by atoms with Crippen molar-refractivity contribution in [3.8, 4) is 0 Å². The van der Waals surface area contributed by atoms with Crippen LogP contribution in [0.1, 0.15) is 18.4 Å². The third-order valence-electron chi connectivity index (χ3n) is 5.05. The summed E-state index contributed by atoms with van der Waals surface area (Å²) in [6.07, 6.45) is 5.13. The number of hydroxylamine groups is 2. The van der Waals surface area contributed by atoms with Crippen molar-refractivity contribution >= 4 is 22.5 Å². The summed E-state index contributed by atoms with van der Waals surface area (Å²) < 4.78 is 13.5. The summed E-state index contributed by atoms with van der Waals surface area (Å²) in [5.41, 5.74) is 9.02. The van der Waals surface area contributed by atoms with Crippen LogP contribution in [-0.2, 0) is 9.63 Å². The molecule has 0 saturated carbocycles. The zero-order chi connectivity index (χ0) is 22.0. The van der Waals surface area contributed by atoms with Crippen LogP contribution in [0.15, 0.2) is 63.8 Å². The van der Waals surface area contributed by atoms with E-state index in [1.54, 1.807) is 12.2 Å². The van der Waals surface area contributed by atoms with Crippen molar-refractivity contribution in [2.75, 3.05) is 13.2 Å². The number of pyridine rings is 1. The Morgan fingerprint density at radius 3 is 2.87 bits per heavy atom. The van der Waals surface area contributed by atoms with E-state index in [0.717, 1.165) is 10.8 Å². The third kappa shape index (κ3) is 4.44. The Hall–Kier alpha value is -3.63. The molecule has 2 heterocycles. The van der Waals surface area contributed by atoms with Gasteiger partial charge in [-0.25, -0.2) is 15.0 Å². The lowest BCUT2D eigenvalue weighted by atomic mass is 10.0. The first kappa shape index (κ1) is 20.6. The Morgan fingerprint density at radius 1 is 1.35 bits per heavy atom. The molecule has 4 N–H and O–H groups in total. The molecule has 1 saturated heterocycles. The van der Waals surface area contributed by atoms with E-state index >= 15 is 0 Å². The minimum Gasteiger partial charge on any atom is -0.389 e. The fourth-order valence-corrected chi connectivity index (χ4v) is 3.41. The average Bonchev–Trinajstić information content (AvgIpc) is 3.21. The smallest absolute Gasteiger partial charge is 0.273 e. The third-order valence-corrected chi connectivity index (χ3v) is 5.05. The maximum atomic E-state index is 13.5. The van der Waals surface area contributed by atoms with Gasteiger partial charge in [0.2, 0.25) is 0 Å². The first-order valence-electron chi connectivity index (χ1n) is 9.64. The largest absolute Gasteiger partial charge is 0.389 e. The van der Waals surface area contributed by atoms with Gasteiger partial charge in [-0.2, -0.15) is 5.11 Å². The highest BCUT2D eigenvalue weighted by Crippen LogP contribution is 2.22. The molecule has 0 unspecified atom stereocenters. The van der Waals surface area contributed by atoms with Crippen LogP contribution in [0, 0.1) is 11.3 Å². The van der Waals surface area contributed by atoms with Crippen molar-refractivity contribution in [3.63, 3.8) is 0 Å². The second kappa shape index (κ2) is 8.62. The molecule has 9 nitrogen and oxygen atoms in total. The number of carbonyl (C=O) groups excluding carboxylic acids is 1.